The van der Waals surface area contributed by atoms with E-state index in [0.717, 1.165) is 16.3 Å². The molecule has 3 aromatic carbocycles. The number of rotatable bonds is 5. The summed E-state index contributed by atoms with van der Waals surface area (Å²) in [4.78, 5) is 12.4. The average Bonchev–Trinajstić information content (AvgIpc) is 2.62. The molecular weight excluding hydrogens is 300 g/mol. The Bertz CT molecular complexity index is 910. The molecule has 24 heavy (non-hydrogen) atoms. The Kier molecular flexibility index (Phi) is 4.62. The molecule has 0 saturated heterocycles. The molecule has 0 amide bonds. The van der Waals surface area contributed by atoms with Crippen LogP contribution in [-0.2, 0) is 0 Å². The lowest BCUT2D eigenvalue weighted by Gasteiger charge is -2.06. The van der Waals surface area contributed by atoms with Crippen LogP contribution in [0.5, 0.6) is 11.5 Å². The van der Waals surface area contributed by atoms with Crippen molar-refractivity contribution in [3.8, 4) is 11.5 Å². The molecule has 0 unspecified atom stereocenters. The van der Waals surface area contributed by atoms with Crippen molar-refractivity contribution in [2.45, 2.75) is 6.92 Å². The Morgan fingerprint density at radius 2 is 1.83 bits per heavy atom. The van der Waals surface area contributed by atoms with E-state index in [4.69, 9.17) is 4.74 Å². The Labute approximate surface area is 140 Å². The van der Waals surface area contributed by atoms with Gasteiger partial charge >= 0.3 is 0 Å². The number of ether oxygens (including phenoxy) is 1. The summed E-state index contributed by atoms with van der Waals surface area (Å²) in [5, 5.41) is 11.9. The number of phenols is 1. The Hall–Kier alpha value is -3.07. The largest absolute Gasteiger partial charge is 0.504 e. The van der Waals surface area contributed by atoms with E-state index in [1.165, 1.54) is 6.08 Å². The lowest BCUT2D eigenvalue weighted by molar-refractivity contribution is 0.104. The molecule has 0 radical (unpaired) electrons. The van der Waals surface area contributed by atoms with E-state index in [1.807, 2.05) is 49.4 Å². The van der Waals surface area contributed by atoms with Gasteiger partial charge in [-0.3, -0.25) is 4.79 Å². The lowest BCUT2D eigenvalue weighted by Crippen LogP contribution is -1.94. The van der Waals surface area contributed by atoms with Gasteiger partial charge in [0.1, 0.15) is 0 Å². The van der Waals surface area contributed by atoms with Gasteiger partial charge < -0.3 is 9.84 Å². The molecule has 0 aliphatic rings. The monoisotopic (exact) mass is 318 g/mol. The quantitative estimate of drug-likeness (QED) is 0.541. The van der Waals surface area contributed by atoms with Gasteiger partial charge in [0, 0.05) is 5.56 Å². The van der Waals surface area contributed by atoms with Crippen molar-refractivity contribution in [2.75, 3.05) is 6.61 Å². The molecule has 0 aliphatic heterocycles. The van der Waals surface area contributed by atoms with Crippen LogP contribution in [0.15, 0.2) is 66.7 Å². The highest BCUT2D eigenvalue weighted by Gasteiger charge is 2.05. The molecule has 120 valence electrons. The second-order valence-corrected chi connectivity index (χ2v) is 5.42. The molecule has 0 aromatic heterocycles. The van der Waals surface area contributed by atoms with Crippen LogP contribution in [-0.4, -0.2) is 17.5 Å². The third-order valence-electron chi connectivity index (χ3n) is 3.74. The Morgan fingerprint density at radius 1 is 1.04 bits per heavy atom. The lowest BCUT2D eigenvalue weighted by atomic mass is 10.0. The molecule has 0 saturated carbocycles. The van der Waals surface area contributed by atoms with Crippen LogP contribution in [0.25, 0.3) is 16.8 Å². The number of hydrogen-bond donors (Lipinski definition) is 1. The molecule has 0 atom stereocenters. The van der Waals surface area contributed by atoms with Crippen LogP contribution >= 0.6 is 0 Å². The number of carbonyl (C=O) groups is 1. The zero-order valence-electron chi connectivity index (χ0n) is 13.4. The maximum absolute atomic E-state index is 12.4. The van der Waals surface area contributed by atoms with E-state index in [0.29, 0.717) is 17.9 Å². The van der Waals surface area contributed by atoms with Gasteiger partial charge in [-0.05, 0) is 47.5 Å². The maximum Gasteiger partial charge on any atom is 0.185 e. The van der Waals surface area contributed by atoms with E-state index in [2.05, 4.69) is 0 Å². The maximum atomic E-state index is 12.4. The molecular formula is C21H18O3. The molecule has 0 bridgehead atoms. The number of carbonyl (C=O) groups excluding carboxylic acids is 1. The van der Waals surface area contributed by atoms with Gasteiger partial charge in [0.2, 0.25) is 0 Å². The number of fused-ring (bicyclic) bond motifs is 1. The number of phenolic OH excluding ortho intramolecular Hbond substituents is 1. The highest BCUT2D eigenvalue weighted by atomic mass is 16.5. The number of allylic oxidation sites excluding steroid dienone is 1. The third-order valence-corrected chi connectivity index (χ3v) is 3.74. The van der Waals surface area contributed by atoms with Crippen molar-refractivity contribution in [1.82, 2.24) is 0 Å². The predicted molar refractivity (Wildman–Crippen MR) is 96.6 cm³/mol. The summed E-state index contributed by atoms with van der Waals surface area (Å²) in [5.41, 5.74) is 1.44. The van der Waals surface area contributed by atoms with Gasteiger partial charge in [0.15, 0.2) is 17.3 Å². The smallest absolute Gasteiger partial charge is 0.185 e. The predicted octanol–water partition coefficient (Wildman–Crippen LogP) is 4.84. The molecule has 3 nitrogen and oxygen atoms in total. The van der Waals surface area contributed by atoms with Crippen molar-refractivity contribution >= 4 is 22.6 Å². The fourth-order valence-electron chi connectivity index (χ4n) is 2.52. The molecule has 0 spiro atoms. The van der Waals surface area contributed by atoms with Crippen LogP contribution in [0, 0.1) is 0 Å². The summed E-state index contributed by atoms with van der Waals surface area (Å²) in [7, 11) is 0. The Balaban J connectivity index is 1.82. The summed E-state index contributed by atoms with van der Waals surface area (Å²) in [6.07, 6.45) is 3.26. The van der Waals surface area contributed by atoms with Crippen molar-refractivity contribution in [3.63, 3.8) is 0 Å². The van der Waals surface area contributed by atoms with Crippen LogP contribution in [0.2, 0.25) is 0 Å². The molecule has 0 aliphatic carbocycles. The van der Waals surface area contributed by atoms with E-state index < -0.39 is 0 Å². The van der Waals surface area contributed by atoms with Gasteiger partial charge in [-0.2, -0.15) is 0 Å². The Morgan fingerprint density at radius 3 is 2.62 bits per heavy atom. The van der Waals surface area contributed by atoms with Crippen molar-refractivity contribution in [3.05, 3.63) is 77.9 Å². The number of hydrogen-bond acceptors (Lipinski definition) is 3. The topological polar surface area (TPSA) is 46.5 Å². The molecule has 0 fully saturated rings. The first-order valence-electron chi connectivity index (χ1n) is 7.84. The number of ketones is 1. The van der Waals surface area contributed by atoms with Crippen LogP contribution in [0.4, 0.5) is 0 Å². The van der Waals surface area contributed by atoms with E-state index in [1.54, 1.807) is 24.3 Å². The fourth-order valence-corrected chi connectivity index (χ4v) is 2.52. The SMILES string of the molecule is CCOc1cc(/C=C\C(=O)c2ccc3ccccc3c2)ccc1O. The first-order valence-corrected chi connectivity index (χ1v) is 7.84. The normalized spacial score (nSPS) is 11.0. The van der Waals surface area contributed by atoms with Crippen LogP contribution < -0.4 is 4.74 Å². The summed E-state index contributed by atoms with van der Waals surface area (Å²) in [5.74, 6) is 0.444. The molecule has 0 heterocycles. The highest BCUT2D eigenvalue weighted by Crippen LogP contribution is 2.27. The van der Waals surface area contributed by atoms with Crippen molar-refractivity contribution in [1.29, 1.82) is 0 Å². The van der Waals surface area contributed by atoms with Crippen LogP contribution in [0.3, 0.4) is 0 Å². The van der Waals surface area contributed by atoms with Gasteiger partial charge in [-0.1, -0.05) is 48.5 Å². The van der Waals surface area contributed by atoms with E-state index >= 15 is 0 Å². The van der Waals surface area contributed by atoms with Crippen molar-refractivity contribution < 1.29 is 14.6 Å². The second kappa shape index (κ2) is 7.01. The summed E-state index contributed by atoms with van der Waals surface area (Å²) in [6.45, 7) is 2.32. The highest BCUT2D eigenvalue weighted by molar-refractivity contribution is 6.08. The van der Waals surface area contributed by atoms with E-state index in [-0.39, 0.29) is 11.5 Å². The van der Waals surface area contributed by atoms with Crippen LogP contribution in [0.1, 0.15) is 22.8 Å². The molecule has 3 aromatic rings. The molecule has 1 N–H and O–H groups in total. The van der Waals surface area contributed by atoms with Crippen molar-refractivity contribution in [2.24, 2.45) is 0 Å². The second-order valence-electron chi connectivity index (χ2n) is 5.42. The zero-order valence-corrected chi connectivity index (χ0v) is 13.4. The fraction of sp³-hybridized carbons (Fsp3) is 0.0952. The third kappa shape index (κ3) is 3.46. The summed E-state index contributed by atoms with van der Waals surface area (Å²) in [6, 6.07) is 18.6. The summed E-state index contributed by atoms with van der Waals surface area (Å²) < 4.78 is 5.35. The van der Waals surface area contributed by atoms with Gasteiger partial charge in [0.25, 0.3) is 0 Å². The minimum Gasteiger partial charge on any atom is -0.504 e. The molecule has 3 heteroatoms. The average molecular weight is 318 g/mol. The minimum absolute atomic E-state index is 0.0632. The zero-order chi connectivity index (χ0) is 16.9. The number of benzene rings is 3. The van der Waals surface area contributed by atoms with Gasteiger partial charge in [0.05, 0.1) is 6.61 Å². The van der Waals surface area contributed by atoms with Gasteiger partial charge in [-0.25, -0.2) is 0 Å². The van der Waals surface area contributed by atoms with Gasteiger partial charge in [-0.15, -0.1) is 0 Å². The number of aromatic hydroxyl groups is 1. The molecule has 3 rings (SSSR count). The first kappa shape index (κ1) is 15.8. The van der Waals surface area contributed by atoms with E-state index in [9.17, 15) is 9.90 Å². The first-order chi connectivity index (χ1) is 11.7. The minimum atomic E-state index is -0.0632. The standard InChI is InChI=1S/C21H18O3/c1-2-24-21-13-15(8-12-20(21)23)7-11-19(22)18-10-9-16-5-3-4-6-17(16)14-18/h3-14,23H,2H2,1H3/b11-7-. The summed E-state index contributed by atoms with van der Waals surface area (Å²) >= 11 is 0.